The number of hydrogen-bond acceptors (Lipinski definition) is 5. The molecule has 0 spiro atoms. The van der Waals surface area contributed by atoms with Crippen LogP contribution in [-0.2, 0) is 9.53 Å². The topological polar surface area (TPSA) is 66.2 Å². The number of ether oxygens (including phenoxy) is 1. The molecule has 0 saturated heterocycles. The normalized spacial score (nSPS) is 9.53. The molecule has 0 aromatic carbocycles. The van der Waals surface area contributed by atoms with Gasteiger partial charge in [-0.2, -0.15) is 5.26 Å². The number of esters is 1. The van der Waals surface area contributed by atoms with Crippen molar-refractivity contribution in [1.29, 1.82) is 5.26 Å². The molecule has 0 aliphatic rings. The Balaban J connectivity index is 2.88. The van der Waals surface area contributed by atoms with Crippen LogP contribution in [0.5, 0.6) is 0 Å². The smallest absolute Gasteiger partial charge is 0.325 e. The van der Waals surface area contributed by atoms with Crippen molar-refractivity contribution in [3.05, 3.63) is 23.4 Å². The van der Waals surface area contributed by atoms with Crippen molar-refractivity contribution in [2.75, 3.05) is 25.1 Å². The Morgan fingerprint density at radius 2 is 2.29 bits per heavy atom. The van der Waals surface area contributed by atoms with Crippen molar-refractivity contribution in [3.8, 4) is 6.07 Å². The first-order chi connectivity index (χ1) is 8.08. The summed E-state index contributed by atoms with van der Waals surface area (Å²) in [6, 6.07) is 5.51. The van der Waals surface area contributed by atoms with Gasteiger partial charge in [0.15, 0.2) is 0 Å². The van der Waals surface area contributed by atoms with Gasteiger partial charge < -0.3 is 9.64 Å². The van der Waals surface area contributed by atoms with Gasteiger partial charge in [-0.25, -0.2) is 4.98 Å². The second kappa shape index (κ2) is 5.85. The molecule has 0 aliphatic carbocycles. The number of anilines is 1. The third-order valence-electron chi connectivity index (χ3n) is 2.17. The highest BCUT2D eigenvalue weighted by atomic mass is 16.5. The lowest BCUT2D eigenvalue weighted by Gasteiger charge is -2.18. The maximum absolute atomic E-state index is 11.3. The summed E-state index contributed by atoms with van der Waals surface area (Å²) in [5, 5.41) is 8.96. The van der Waals surface area contributed by atoms with E-state index >= 15 is 0 Å². The third-order valence-corrected chi connectivity index (χ3v) is 2.17. The zero-order valence-corrected chi connectivity index (χ0v) is 10.2. The third kappa shape index (κ3) is 3.45. The Morgan fingerprint density at radius 1 is 1.59 bits per heavy atom. The molecule has 0 unspecified atom stereocenters. The number of nitrogens with zero attached hydrogens (tertiary/aromatic N) is 3. The first kappa shape index (κ1) is 13.0. The average molecular weight is 233 g/mol. The summed E-state index contributed by atoms with van der Waals surface area (Å²) >= 11 is 0. The fourth-order valence-corrected chi connectivity index (χ4v) is 1.40. The van der Waals surface area contributed by atoms with Crippen LogP contribution in [0.4, 0.5) is 5.82 Å². The van der Waals surface area contributed by atoms with Gasteiger partial charge in [-0.3, -0.25) is 4.79 Å². The zero-order valence-electron chi connectivity index (χ0n) is 10.2. The molecular weight excluding hydrogens is 218 g/mol. The van der Waals surface area contributed by atoms with Crippen molar-refractivity contribution in [3.63, 3.8) is 0 Å². The number of carbonyl (C=O) groups is 1. The quantitative estimate of drug-likeness (QED) is 0.732. The van der Waals surface area contributed by atoms with Crippen LogP contribution in [-0.4, -0.2) is 31.2 Å². The molecule has 0 amide bonds. The van der Waals surface area contributed by atoms with Crippen LogP contribution in [0.15, 0.2) is 12.1 Å². The molecule has 1 aromatic heterocycles. The first-order valence-electron chi connectivity index (χ1n) is 5.33. The molecule has 5 nitrogen and oxygen atoms in total. The zero-order chi connectivity index (χ0) is 12.8. The minimum atomic E-state index is -0.331. The molecule has 1 heterocycles. The van der Waals surface area contributed by atoms with E-state index < -0.39 is 0 Å². The van der Waals surface area contributed by atoms with Crippen LogP contribution in [0.2, 0.25) is 0 Å². The van der Waals surface area contributed by atoms with Gasteiger partial charge in [-0.15, -0.1) is 0 Å². The monoisotopic (exact) mass is 233 g/mol. The van der Waals surface area contributed by atoms with Crippen LogP contribution >= 0.6 is 0 Å². The highest BCUT2D eigenvalue weighted by Gasteiger charge is 2.13. The van der Waals surface area contributed by atoms with Crippen molar-refractivity contribution in [2.45, 2.75) is 13.8 Å². The average Bonchev–Trinajstić information content (AvgIpc) is 2.29. The molecule has 0 radical (unpaired) electrons. The summed E-state index contributed by atoms with van der Waals surface area (Å²) in [7, 11) is 1.71. The number of pyridine rings is 1. The molecule has 17 heavy (non-hydrogen) atoms. The van der Waals surface area contributed by atoms with Crippen molar-refractivity contribution in [1.82, 2.24) is 4.98 Å². The summed E-state index contributed by atoms with van der Waals surface area (Å²) in [5.41, 5.74) is 1.25. The van der Waals surface area contributed by atoms with Gasteiger partial charge in [0.05, 0.1) is 12.2 Å². The predicted molar refractivity (Wildman–Crippen MR) is 63.6 cm³/mol. The van der Waals surface area contributed by atoms with E-state index in [2.05, 4.69) is 11.1 Å². The van der Waals surface area contributed by atoms with Gasteiger partial charge in [0.2, 0.25) is 0 Å². The minimum absolute atomic E-state index is 0.0823. The largest absolute Gasteiger partial charge is 0.465 e. The Hall–Kier alpha value is -2.09. The highest BCUT2D eigenvalue weighted by molar-refractivity contribution is 5.75. The predicted octanol–water partition coefficient (Wildman–Crippen LogP) is 1.26. The van der Waals surface area contributed by atoms with E-state index in [1.54, 1.807) is 31.0 Å². The summed E-state index contributed by atoms with van der Waals surface area (Å²) in [6.07, 6.45) is 0. The van der Waals surface area contributed by atoms with Crippen LogP contribution in [0.3, 0.4) is 0 Å². The number of aromatic nitrogens is 1. The molecule has 5 heteroatoms. The lowest BCUT2D eigenvalue weighted by molar-refractivity contribution is -0.141. The van der Waals surface area contributed by atoms with Crippen LogP contribution in [0.25, 0.3) is 0 Å². The molecule has 0 bridgehead atoms. The Kier molecular flexibility index (Phi) is 4.46. The maximum atomic E-state index is 11.3. The number of nitriles is 1. The first-order valence-corrected chi connectivity index (χ1v) is 5.33. The van der Waals surface area contributed by atoms with E-state index in [1.807, 2.05) is 6.92 Å². The van der Waals surface area contributed by atoms with Crippen molar-refractivity contribution in [2.24, 2.45) is 0 Å². The second-order valence-corrected chi connectivity index (χ2v) is 3.60. The van der Waals surface area contributed by atoms with Gasteiger partial charge in [0.25, 0.3) is 0 Å². The number of aryl methyl sites for hydroxylation is 1. The molecule has 1 rings (SSSR count). The standard InChI is InChI=1S/C12H15N3O2/c1-4-17-11(16)8-15(3)12-10(7-13)6-5-9(2)14-12/h5-6H,4,8H2,1-3H3. The highest BCUT2D eigenvalue weighted by Crippen LogP contribution is 2.16. The van der Waals surface area contributed by atoms with E-state index in [4.69, 9.17) is 10.00 Å². The lowest BCUT2D eigenvalue weighted by atomic mass is 10.2. The van der Waals surface area contributed by atoms with Crippen LogP contribution in [0, 0.1) is 18.3 Å². The molecule has 0 N–H and O–H groups in total. The molecule has 1 aromatic rings. The number of carbonyl (C=O) groups excluding carboxylic acids is 1. The van der Waals surface area contributed by atoms with Gasteiger partial charge in [-0.1, -0.05) is 0 Å². The Labute approximate surface area is 101 Å². The van der Waals surface area contributed by atoms with Gasteiger partial charge in [0.1, 0.15) is 18.4 Å². The SMILES string of the molecule is CCOC(=O)CN(C)c1nc(C)ccc1C#N. The minimum Gasteiger partial charge on any atom is -0.465 e. The van der Waals surface area contributed by atoms with Crippen LogP contribution in [0.1, 0.15) is 18.2 Å². The number of hydrogen-bond donors (Lipinski definition) is 0. The molecule has 0 atom stereocenters. The summed E-state index contributed by atoms with van der Waals surface area (Å²) < 4.78 is 4.85. The molecule has 0 fully saturated rings. The van der Waals surface area contributed by atoms with E-state index in [-0.39, 0.29) is 12.5 Å². The summed E-state index contributed by atoms with van der Waals surface area (Å²) in [5.74, 6) is 0.169. The fourth-order valence-electron chi connectivity index (χ4n) is 1.40. The summed E-state index contributed by atoms with van der Waals surface area (Å²) in [6.45, 7) is 4.02. The lowest BCUT2D eigenvalue weighted by Crippen LogP contribution is -2.28. The number of rotatable bonds is 4. The van der Waals surface area contributed by atoms with E-state index in [0.29, 0.717) is 18.0 Å². The molecular formula is C12H15N3O2. The van der Waals surface area contributed by atoms with Gasteiger partial charge >= 0.3 is 5.97 Å². The van der Waals surface area contributed by atoms with Gasteiger partial charge in [-0.05, 0) is 26.0 Å². The van der Waals surface area contributed by atoms with Crippen molar-refractivity contribution >= 4 is 11.8 Å². The van der Waals surface area contributed by atoms with E-state index in [1.165, 1.54) is 0 Å². The Morgan fingerprint density at radius 3 is 2.88 bits per heavy atom. The summed E-state index contributed by atoms with van der Waals surface area (Å²) in [4.78, 5) is 17.2. The van der Waals surface area contributed by atoms with Gasteiger partial charge in [0, 0.05) is 12.7 Å². The van der Waals surface area contributed by atoms with E-state index in [9.17, 15) is 4.79 Å². The van der Waals surface area contributed by atoms with Crippen molar-refractivity contribution < 1.29 is 9.53 Å². The number of likely N-dealkylation sites (N-methyl/N-ethyl adjacent to an activating group) is 1. The molecule has 90 valence electrons. The Bertz CT molecular complexity index is 452. The van der Waals surface area contributed by atoms with E-state index in [0.717, 1.165) is 5.69 Å². The second-order valence-electron chi connectivity index (χ2n) is 3.60. The maximum Gasteiger partial charge on any atom is 0.325 e. The fraction of sp³-hybridized carbons (Fsp3) is 0.417. The van der Waals surface area contributed by atoms with Crippen LogP contribution < -0.4 is 4.90 Å². The molecule has 0 saturated carbocycles. The molecule has 0 aliphatic heterocycles.